The largest absolute Gasteiger partial charge is 0.369 e. The van der Waals surface area contributed by atoms with E-state index in [1.54, 1.807) is 24.3 Å². The van der Waals surface area contributed by atoms with Gasteiger partial charge in [0.05, 0.1) is 12.1 Å². The maximum absolute atomic E-state index is 11.4. The zero-order valence-electron chi connectivity index (χ0n) is 8.92. The average molecular weight is 230 g/mol. The number of primary amides is 1. The van der Waals surface area contributed by atoms with E-state index in [1.165, 1.54) is 12.2 Å². The molecule has 3 amide bonds. The number of hydrogen-bond acceptors (Lipinski definition) is 3. The molecule has 1 aliphatic heterocycles. The molecule has 0 unspecified atom stereocenters. The quantitative estimate of drug-likeness (QED) is 0.750. The first-order valence-electron chi connectivity index (χ1n) is 5.01. The standard InChI is InChI=1S/C12H10N2O3/c13-10(15)7-8-2-1-3-9(6-8)14-11(16)4-5-12(14)17/h1-6H,7H2,(H2,13,15). The molecule has 0 aliphatic carbocycles. The van der Waals surface area contributed by atoms with Crippen molar-refractivity contribution in [3.63, 3.8) is 0 Å². The number of anilines is 1. The zero-order chi connectivity index (χ0) is 12.4. The Balaban J connectivity index is 2.30. The van der Waals surface area contributed by atoms with E-state index >= 15 is 0 Å². The summed E-state index contributed by atoms with van der Waals surface area (Å²) in [6.45, 7) is 0. The smallest absolute Gasteiger partial charge is 0.258 e. The second kappa shape index (κ2) is 4.21. The summed E-state index contributed by atoms with van der Waals surface area (Å²) in [5.74, 6) is -1.23. The van der Waals surface area contributed by atoms with Gasteiger partial charge in [-0.05, 0) is 17.7 Å². The summed E-state index contributed by atoms with van der Waals surface area (Å²) in [7, 11) is 0. The number of rotatable bonds is 3. The fraction of sp³-hybridized carbons (Fsp3) is 0.0833. The maximum Gasteiger partial charge on any atom is 0.258 e. The van der Waals surface area contributed by atoms with E-state index in [9.17, 15) is 14.4 Å². The van der Waals surface area contributed by atoms with Crippen LogP contribution in [0, 0.1) is 0 Å². The molecular formula is C12H10N2O3. The van der Waals surface area contributed by atoms with Crippen LogP contribution < -0.4 is 10.6 Å². The van der Waals surface area contributed by atoms with Crippen LogP contribution in [-0.2, 0) is 20.8 Å². The summed E-state index contributed by atoms with van der Waals surface area (Å²) in [5.41, 5.74) is 6.20. The Bertz CT molecular complexity index is 516. The molecule has 0 bridgehead atoms. The topological polar surface area (TPSA) is 80.5 Å². The van der Waals surface area contributed by atoms with E-state index in [4.69, 9.17) is 5.73 Å². The van der Waals surface area contributed by atoms with Crippen molar-refractivity contribution in [2.45, 2.75) is 6.42 Å². The van der Waals surface area contributed by atoms with Crippen LogP contribution in [0.15, 0.2) is 36.4 Å². The van der Waals surface area contributed by atoms with Crippen molar-refractivity contribution in [2.75, 3.05) is 4.90 Å². The van der Waals surface area contributed by atoms with Crippen LogP contribution in [0.3, 0.4) is 0 Å². The monoisotopic (exact) mass is 230 g/mol. The molecule has 1 aromatic rings. The molecule has 1 aromatic carbocycles. The number of imide groups is 1. The van der Waals surface area contributed by atoms with E-state index in [2.05, 4.69) is 0 Å². The highest BCUT2D eigenvalue weighted by Crippen LogP contribution is 2.20. The Morgan fingerprint density at radius 2 is 1.82 bits per heavy atom. The molecule has 2 rings (SSSR count). The number of carbonyl (C=O) groups is 3. The number of amides is 3. The molecule has 86 valence electrons. The van der Waals surface area contributed by atoms with Gasteiger partial charge >= 0.3 is 0 Å². The Kier molecular flexibility index (Phi) is 2.74. The minimum atomic E-state index is -0.459. The first-order chi connectivity index (χ1) is 8.08. The molecule has 0 fully saturated rings. The van der Waals surface area contributed by atoms with Gasteiger partial charge < -0.3 is 5.73 Å². The van der Waals surface area contributed by atoms with Gasteiger partial charge in [-0.15, -0.1) is 0 Å². The van der Waals surface area contributed by atoms with Crippen LogP contribution >= 0.6 is 0 Å². The molecule has 2 N–H and O–H groups in total. The lowest BCUT2D eigenvalue weighted by Gasteiger charge is -2.14. The fourth-order valence-corrected chi connectivity index (χ4v) is 1.66. The first-order valence-corrected chi connectivity index (χ1v) is 5.01. The van der Waals surface area contributed by atoms with Crippen LogP contribution in [0.25, 0.3) is 0 Å². The summed E-state index contributed by atoms with van der Waals surface area (Å²) in [6.07, 6.45) is 2.50. The third kappa shape index (κ3) is 2.23. The van der Waals surface area contributed by atoms with Crippen molar-refractivity contribution >= 4 is 23.4 Å². The highest BCUT2D eigenvalue weighted by molar-refractivity contribution is 6.28. The highest BCUT2D eigenvalue weighted by atomic mass is 16.2. The van der Waals surface area contributed by atoms with Gasteiger partial charge in [0.2, 0.25) is 5.91 Å². The number of benzene rings is 1. The summed E-state index contributed by atoms with van der Waals surface area (Å²) in [6, 6.07) is 6.63. The Labute approximate surface area is 97.5 Å². The molecule has 0 aromatic heterocycles. The second-order valence-corrected chi connectivity index (χ2v) is 3.66. The maximum atomic E-state index is 11.4. The van der Waals surface area contributed by atoms with Crippen molar-refractivity contribution in [3.05, 3.63) is 42.0 Å². The van der Waals surface area contributed by atoms with Gasteiger partial charge in [0.1, 0.15) is 0 Å². The SMILES string of the molecule is NC(=O)Cc1cccc(N2C(=O)C=CC2=O)c1. The number of nitrogens with two attached hydrogens (primary N) is 1. The van der Waals surface area contributed by atoms with E-state index in [0.717, 1.165) is 4.90 Å². The molecule has 5 heteroatoms. The molecule has 1 aliphatic rings. The van der Waals surface area contributed by atoms with Crippen molar-refractivity contribution < 1.29 is 14.4 Å². The molecule has 0 saturated heterocycles. The predicted octanol–water partition coefficient (Wildman–Crippen LogP) is 0.144. The van der Waals surface area contributed by atoms with Gasteiger partial charge in [-0.2, -0.15) is 0 Å². The lowest BCUT2D eigenvalue weighted by molar-refractivity contribution is -0.120. The molecule has 0 spiro atoms. The van der Waals surface area contributed by atoms with Gasteiger partial charge in [-0.25, -0.2) is 4.90 Å². The van der Waals surface area contributed by atoms with Crippen molar-refractivity contribution in [2.24, 2.45) is 5.73 Å². The van der Waals surface area contributed by atoms with Crippen molar-refractivity contribution in [1.29, 1.82) is 0 Å². The van der Waals surface area contributed by atoms with E-state index in [1.807, 2.05) is 0 Å². The lowest BCUT2D eigenvalue weighted by Crippen LogP contribution is -2.29. The summed E-state index contributed by atoms with van der Waals surface area (Å²) >= 11 is 0. The zero-order valence-corrected chi connectivity index (χ0v) is 8.92. The van der Waals surface area contributed by atoms with Crippen molar-refractivity contribution in [3.8, 4) is 0 Å². The molecule has 0 atom stereocenters. The van der Waals surface area contributed by atoms with E-state index in [0.29, 0.717) is 11.3 Å². The minimum absolute atomic E-state index is 0.0808. The highest BCUT2D eigenvalue weighted by Gasteiger charge is 2.25. The Morgan fingerprint density at radius 3 is 2.41 bits per heavy atom. The third-order valence-corrected chi connectivity index (χ3v) is 2.36. The van der Waals surface area contributed by atoms with Crippen molar-refractivity contribution in [1.82, 2.24) is 0 Å². The van der Waals surface area contributed by atoms with Gasteiger partial charge in [-0.1, -0.05) is 12.1 Å². The van der Waals surface area contributed by atoms with Crippen LogP contribution in [0.5, 0.6) is 0 Å². The molecule has 0 saturated carbocycles. The number of hydrogen-bond donors (Lipinski definition) is 1. The van der Waals surface area contributed by atoms with Crippen LogP contribution in [0.1, 0.15) is 5.56 Å². The summed E-state index contributed by atoms with van der Waals surface area (Å²) < 4.78 is 0. The Hall–Kier alpha value is -2.43. The predicted molar refractivity (Wildman–Crippen MR) is 61.0 cm³/mol. The summed E-state index contributed by atoms with van der Waals surface area (Å²) in [5, 5.41) is 0. The van der Waals surface area contributed by atoms with E-state index < -0.39 is 5.91 Å². The normalized spacial score (nSPS) is 14.5. The minimum Gasteiger partial charge on any atom is -0.369 e. The summed E-state index contributed by atoms with van der Waals surface area (Å²) in [4.78, 5) is 34.7. The van der Waals surface area contributed by atoms with Crippen LogP contribution in [0.4, 0.5) is 5.69 Å². The lowest BCUT2D eigenvalue weighted by atomic mass is 10.1. The van der Waals surface area contributed by atoms with Gasteiger partial charge in [-0.3, -0.25) is 14.4 Å². The average Bonchev–Trinajstić information content (AvgIpc) is 2.58. The van der Waals surface area contributed by atoms with Gasteiger partial charge in [0.15, 0.2) is 0 Å². The van der Waals surface area contributed by atoms with Gasteiger partial charge in [0, 0.05) is 12.2 Å². The number of nitrogens with zero attached hydrogens (tertiary/aromatic N) is 1. The molecular weight excluding hydrogens is 220 g/mol. The van der Waals surface area contributed by atoms with Gasteiger partial charge in [0.25, 0.3) is 11.8 Å². The van der Waals surface area contributed by atoms with E-state index in [-0.39, 0.29) is 18.2 Å². The fourth-order valence-electron chi connectivity index (χ4n) is 1.66. The first kappa shape index (κ1) is 11.1. The molecule has 0 radical (unpaired) electrons. The molecule has 1 heterocycles. The Morgan fingerprint density at radius 1 is 1.18 bits per heavy atom. The van der Waals surface area contributed by atoms with Crippen LogP contribution in [0.2, 0.25) is 0 Å². The third-order valence-electron chi connectivity index (χ3n) is 2.36. The van der Waals surface area contributed by atoms with Crippen LogP contribution in [-0.4, -0.2) is 17.7 Å². The number of carbonyl (C=O) groups excluding carboxylic acids is 3. The molecule has 5 nitrogen and oxygen atoms in total. The second-order valence-electron chi connectivity index (χ2n) is 3.66. The molecule has 17 heavy (non-hydrogen) atoms.